The van der Waals surface area contributed by atoms with Crippen molar-refractivity contribution in [3.63, 3.8) is 0 Å². The lowest BCUT2D eigenvalue weighted by molar-refractivity contribution is -0.385. The molecule has 0 unspecified atom stereocenters. The normalized spacial score (nSPS) is 17.4. The molecule has 0 saturated carbocycles. The van der Waals surface area contributed by atoms with E-state index in [4.69, 9.17) is 0 Å². The average Bonchev–Trinajstić information content (AvgIpc) is 2.52. The van der Waals surface area contributed by atoms with Gasteiger partial charge in [-0.05, 0) is 36.5 Å². The Labute approximate surface area is 120 Å². The van der Waals surface area contributed by atoms with Crippen LogP contribution in [0.4, 0.5) is 11.4 Å². The van der Waals surface area contributed by atoms with E-state index in [1.807, 2.05) is 23.5 Å². The van der Waals surface area contributed by atoms with E-state index < -0.39 is 4.92 Å². The first-order chi connectivity index (χ1) is 9.18. The first kappa shape index (κ1) is 14.3. The lowest BCUT2D eigenvalue weighted by Gasteiger charge is -2.23. The molecule has 0 aromatic heterocycles. The van der Waals surface area contributed by atoms with E-state index >= 15 is 0 Å². The molecule has 5 nitrogen and oxygen atoms in total. The molecule has 2 rings (SSSR count). The van der Waals surface area contributed by atoms with Gasteiger partial charge in [-0.3, -0.25) is 10.1 Å². The number of anilines is 1. The summed E-state index contributed by atoms with van der Waals surface area (Å²) in [6.07, 6.45) is 2.45. The minimum absolute atomic E-state index is 0.229. The number of thioether (sulfide) groups is 2. The Bertz CT molecular complexity index is 447. The van der Waals surface area contributed by atoms with Crippen LogP contribution in [0.1, 0.15) is 12.8 Å². The summed E-state index contributed by atoms with van der Waals surface area (Å²) in [6, 6.07) is 4.59. The number of benzene rings is 1. The van der Waals surface area contributed by atoms with Gasteiger partial charge in [-0.15, -0.1) is 23.5 Å². The number of aromatic hydroxyl groups is 1. The Balaban J connectivity index is 2.18. The minimum Gasteiger partial charge on any atom is -0.502 e. The van der Waals surface area contributed by atoms with Crippen LogP contribution in [0.15, 0.2) is 18.2 Å². The third kappa shape index (κ3) is 3.94. The number of nitrogens with zero attached hydrogens (tertiary/aromatic N) is 2. The summed E-state index contributed by atoms with van der Waals surface area (Å²) in [5, 5.41) is 20.3. The quantitative estimate of drug-likeness (QED) is 0.668. The fourth-order valence-corrected chi connectivity index (χ4v) is 3.91. The van der Waals surface area contributed by atoms with Gasteiger partial charge in [0.15, 0.2) is 5.75 Å². The summed E-state index contributed by atoms with van der Waals surface area (Å²) in [6.45, 7) is 0. The first-order valence-electron chi connectivity index (χ1n) is 6.06. The van der Waals surface area contributed by atoms with E-state index in [1.165, 1.54) is 25.0 Å². The van der Waals surface area contributed by atoms with Gasteiger partial charge in [0.2, 0.25) is 0 Å². The predicted octanol–water partition coefficient (Wildman–Crippen LogP) is 3.28. The summed E-state index contributed by atoms with van der Waals surface area (Å²) in [7, 11) is 0. The SMILES string of the molecule is O=[N+]([O-])c1cc(N2CSCCCCSC2)ccc1O. The molecule has 1 heterocycles. The molecule has 1 aliphatic heterocycles. The lowest BCUT2D eigenvalue weighted by Crippen LogP contribution is -2.22. The minimum atomic E-state index is -0.546. The van der Waals surface area contributed by atoms with Gasteiger partial charge in [0.1, 0.15) is 0 Å². The molecule has 0 radical (unpaired) electrons. The van der Waals surface area contributed by atoms with Crippen LogP contribution in [0.3, 0.4) is 0 Å². The van der Waals surface area contributed by atoms with E-state index in [0.29, 0.717) is 0 Å². The van der Waals surface area contributed by atoms with Crippen molar-refractivity contribution >= 4 is 34.9 Å². The van der Waals surface area contributed by atoms with Gasteiger partial charge in [-0.1, -0.05) is 0 Å². The van der Waals surface area contributed by atoms with E-state index in [2.05, 4.69) is 4.90 Å². The second-order valence-corrected chi connectivity index (χ2v) is 6.40. The van der Waals surface area contributed by atoms with Gasteiger partial charge in [0, 0.05) is 11.8 Å². The maximum absolute atomic E-state index is 10.9. The summed E-state index contributed by atoms with van der Waals surface area (Å²) in [5.41, 5.74) is 0.568. The molecule has 1 saturated heterocycles. The number of phenolic OH excluding ortho intramolecular Hbond substituents is 1. The van der Waals surface area contributed by atoms with Crippen molar-refractivity contribution in [1.29, 1.82) is 0 Å². The third-order valence-electron chi connectivity index (χ3n) is 2.84. The van der Waals surface area contributed by atoms with Crippen molar-refractivity contribution < 1.29 is 10.0 Å². The largest absolute Gasteiger partial charge is 0.502 e. The fraction of sp³-hybridized carbons (Fsp3) is 0.500. The van der Waals surface area contributed by atoms with Crippen molar-refractivity contribution in [3.05, 3.63) is 28.3 Å². The standard InChI is InChI=1S/C12H16N2O3S2/c15-12-4-3-10(7-11(12)14(16)17)13-8-18-5-1-2-6-19-9-13/h3-4,7,15H,1-2,5-6,8-9H2. The van der Waals surface area contributed by atoms with Gasteiger partial charge in [-0.25, -0.2) is 0 Å². The highest BCUT2D eigenvalue weighted by Gasteiger charge is 2.17. The number of nitro benzene ring substituents is 1. The Kier molecular flexibility index (Phi) is 5.21. The second kappa shape index (κ2) is 6.91. The zero-order chi connectivity index (χ0) is 13.7. The molecule has 1 N–H and O–H groups in total. The topological polar surface area (TPSA) is 66.6 Å². The van der Waals surface area contributed by atoms with Gasteiger partial charge in [0.05, 0.1) is 16.7 Å². The maximum Gasteiger partial charge on any atom is 0.312 e. The first-order valence-corrected chi connectivity index (χ1v) is 8.37. The van der Waals surface area contributed by atoms with Crippen LogP contribution in [0, 0.1) is 10.1 Å². The van der Waals surface area contributed by atoms with Crippen LogP contribution in [0.25, 0.3) is 0 Å². The van der Waals surface area contributed by atoms with Crippen LogP contribution in [-0.2, 0) is 0 Å². The fourth-order valence-electron chi connectivity index (χ4n) is 1.80. The van der Waals surface area contributed by atoms with Crippen LogP contribution < -0.4 is 4.90 Å². The van der Waals surface area contributed by atoms with Crippen molar-refractivity contribution in [1.82, 2.24) is 0 Å². The molecule has 1 aromatic carbocycles. The number of rotatable bonds is 2. The highest BCUT2D eigenvalue weighted by Crippen LogP contribution is 2.32. The van der Waals surface area contributed by atoms with Gasteiger partial charge >= 0.3 is 5.69 Å². The Morgan fingerprint density at radius 2 is 1.84 bits per heavy atom. The van der Waals surface area contributed by atoms with Crippen LogP contribution in [-0.4, -0.2) is 33.3 Å². The van der Waals surface area contributed by atoms with Crippen LogP contribution >= 0.6 is 23.5 Å². The number of hydrogen-bond donors (Lipinski definition) is 1. The van der Waals surface area contributed by atoms with Gasteiger partial charge < -0.3 is 10.0 Å². The van der Waals surface area contributed by atoms with Crippen molar-refractivity contribution in [2.45, 2.75) is 12.8 Å². The average molecular weight is 300 g/mol. The lowest BCUT2D eigenvalue weighted by atomic mass is 10.2. The molecule has 19 heavy (non-hydrogen) atoms. The summed E-state index contributed by atoms with van der Waals surface area (Å²) < 4.78 is 0. The van der Waals surface area contributed by atoms with E-state index in [9.17, 15) is 15.2 Å². The van der Waals surface area contributed by atoms with Gasteiger partial charge in [-0.2, -0.15) is 0 Å². The van der Waals surface area contributed by atoms with Crippen molar-refractivity contribution in [2.75, 3.05) is 28.2 Å². The van der Waals surface area contributed by atoms with Crippen molar-refractivity contribution in [3.8, 4) is 5.75 Å². The maximum atomic E-state index is 10.9. The molecule has 1 aromatic rings. The number of phenols is 1. The molecule has 0 aliphatic carbocycles. The van der Waals surface area contributed by atoms with E-state index in [-0.39, 0.29) is 11.4 Å². The Morgan fingerprint density at radius 1 is 1.21 bits per heavy atom. The zero-order valence-corrected chi connectivity index (χ0v) is 12.1. The summed E-state index contributed by atoms with van der Waals surface area (Å²) >= 11 is 3.69. The number of nitro groups is 1. The molecule has 1 fully saturated rings. The molecule has 7 heteroatoms. The van der Waals surface area contributed by atoms with E-state index in [0.717, 1.165) is 28.9 Å². The van der Waals surface area contributed by atoms with Crippen LogP contribution in [0.5, 0.6) is 5.75 Å². The second-order valence-electron chi connectivity index (χ2n) is 4.25. The number of hydrogen-bond acceptors (Lipinski definition) is 6. The molecular formula is C12H16N2O3S2. The third-order valence-corrected chi connectivity index (χ3v) is 4.99. The summed E-state index contributed by atoms with van der Waals surface area (Å²) in [5.74, 6) is 3.62. The van der Waals surface area contributed by atoms with Crippen LogP contribution in [0.2, 0.25) is 0 Å². The molecule has 104 valence electrons. The zero-order valence-electron chi connectivity index (χ0n) is 10.4. The molecular weight excluding hydrogens is 284 g/mol. The molecule has 0 atom stereocenters. The van der Waals surface area contributed by atoms with Crippen molar-refractivity contribution in [2.24, 2.45) is 0 Å². The Hall–Kier alpha value is -1.08. The molecule has 1 aliphatic rings. The molecule has 0 spiro atoms. The Morgan fingerprint density at radius 3 is 2.42 bits per heavy atom. The molecule has 0 amide bonds. The highest BCUT2D eigenvalue weighted by molar-refractivity contribution is 8.00. The highest BCUT2D eigenvalue weighted by atomic mass is 32.2. The van der Waals surface area contributed by atoms with Gasteiger partial charge in [0.25, 0.3) is 0 Å². The predicted molar refractivity (Wildman–Crippen MR) is 81.1 cm³/mol. The van der Waals surface area contributed by atoms with E-state index in [1.54, 1.807) is 6.07 Å². The monoisotopic (exact) mass is 300 g/mol. The summed E-state index contributed by atoms with van der Waals surface area (Å²) in [4.78, 5) is 12.4. The smallest absolute Gasteiger partial charge is 0.312 e. The molecule has 0 bridgehead atoms.